The Hall–Kier alpha value is -1.89. The van der Waals surface area contributed by atoms with Gasteiger partial charge < -0.3 is 19.3 Å². The Morgan fingerprint density at radius 1 is 1.20 bits per heavy atom. The maximum Gasteiger partial charge on any atom is 0.186 e. The number of para-hydroxylation sites is 2. The molecule has 5 nitrogen and oxygen atoms in total. The molecule has 136 valence electrons. The Balaban J connectivity index is 1.80. The summed E-state index contributed by atoms with van der Waals surface area (Å²) >= 11 is -1.95. The van der Waals surface area contributed by atoms with Crippen LogP contribution in [0.1, 0.15) is 18.1 Å². The fourth-order valence-electron chi connectivity index (χ4n) is 2.59. The summed E-state index contributed by atoms with van der Waals surface area (Å²) in [6.45, 7) is 5.15. The van der Waals surface area contributed by atoms with E-state index in [4.69, 9.17) is 9.47 Å². The van der Waals surface area contributed by atoms with E-state index in [1.165, 1.54) is 0 Å². The van der Waals surface area contributed by atoms with Gasteiger partial charge in [0, 0.05) is 12.6 Å². The SMILES string of the molecule is COc1ccccc1OCCNC(C)Cc1ccc(C)c(S(=O)O)c1. The van der Waals surface area contributed by atoms with Crippen LogP contribution in [0.3, 0.4) is 0 Å². The van der Waals surface area contributed by atoms with E-state index < -0.39 is 11.1 Å². The fourth-order valence-corrected chi connectivity index (χ4v) is 3.19. The minimum Gasteiger partial charge on any atom is -0.493 e. The summed E-state index contributed by atoms with van der Waals surface area (Å²) in [6, 6.07) is 13.5. The van der Waals surface area contributed by atoms with Crippen molar-refractivity contribution in [1.82, 2.24) is 5.32 Å². The van der Waals surface area contributed by atoms with Crippen molar-refractivity contribution in [2.45, 2.75) is 31.2 Å². The molecule has 0 aliphatic carbocycles. The predicted octanol–water partition coefficient (Wildman–Crippen LogP) is 3.18. The lowest BCUT2D eigenvalue weighted by atomic mass is 10.1. The zero-order chi connectivity index (χ0) is 18.2. The van der Waals surface area contributed by atoms with Crippen LogP contribution in [0, 0.1) is 6.92 Å². The number of methoxy groups -OCH3 is 1. The van der Waals surface area contributed by atoms with Crippen LogP contribution in [0.25, 0.3) is 0 Å². The summed E-state index contributed by atoms with van der Waals surface area (Å²) in [6.07, 6.45) is 0.777. The average molecular weight is 363 g/mol. The molecule has 0 spiro atoms. The van der Waals surface area contributed by atoms with Crippen molar-refractivity contribution in [3.8, 4) is 11.5 Å². The highest BCUT2D eigenvalue weighted by Crippen LogP contribution is 2.25. The van der Waals surface area contributed by atoms with E-state index in [1.54, 1.807) is 13.2 Å². The van der Waals surface area contributed by atoms with Gasteiger partial charge in [0.2, 0.25) is 0 Å². The topological polar surface area (TPSA) is 67.8 Å². The molecule has 0 fully saturated rings. The second kappa shape index (κ2) is 9.56. The number of hydrogen-bond donors (Lipinski definition) is 2. The predicted molar refractivity (Wildman–Crippen MR) is 99.9 cm³/mol. The van der Waals surface area contributed by atoms with E-state index in [2.05, 4.69) is 12.2 Å². The lowest BCUT2D eigenvalue weighted by Gasteiger charge is -2.16. The molecule has 6 heteroatoms. The van der Waals surface area contributed by atoms with Crippen LogP contribution >= 0.6 is 0 Å². The zero-order valence-electron chi connectivity index (χ0n) is 14.8. The van der Waals surface area contributed by atoms with Crippen molar-refractivity contribution in [2.24, 2.45) is 0 Å². The number of benzene rings is 2. The van der Waals surface area contributed by atoms with Gasteiger partial charge in [-0.3, -0.25) is 0 Å². The highest BCUT2D eigenvalue weighted by atomic mass is 32.2. The van der Waals surface area contributed by atoms with E-state index >= 15 is 0 Å². The van der Waals surface area contributed by atoms with Gasteiger partial charge in [-0.1, -0.05) is 24.3 Å². The first-order chi connectivity index (χ1) is 12.0. The minimum absolute atomic E-state index is 0.226. The molecule has 2 unspecified atom stereocenters. The third kappa shape index (κ3) is 5.85. The van der Waals surface area contributed by atoms with Crippen LogP contribution in [0.5, 0.6) is 11.5 Å². The first kappa shape index (κ1) is 19.4. The lowest BCUT2D eigenvalue weighted by molar-refractivity contribution is 0.287. The van der Waals surface area contributed by atoms with Crippen molar-refractivity contribution in [2.75, 3.05) is 20.3 Å². The third-order valence-electron chi connectivity index (χ3n) is 3.90. The molecule has 2 N–H and O–H groups in total. The average Bonchev–Trinajstić information content (AvgIpc) is 2.60. The van der Waals surface area contributed by atoms with E-state index in [0.717, 1.165) is 29.0 Å². The molecule has 0 heterocycles. The molecular weight excluding hydrogens is 338 g/mol. The third-order valence-corrected chi connectivity index (χ3v) is 4.72. The molecule has 2 atom stereocenters. The molecule has 2 aromatic rings. The van der Waals surface area contributed by atoms with Crippen molar-refractivity contribution in [3.63, 3.8) is 0 Å². The first-order valence-corrected chi connectivity index (χ1v) is 9.31. The molecule has 0 aliphatic rings. The molecular formula is C19H25NO4S. The van der Waals surface area contributed by atoms with Gasteiger partial charge in [-0.2, -0.15) is 0 Å². The van der Waals surface area contributed by atoms with Crippen LogP contribution in [0.2, 0.25) is 0 Å². The van der Waals surface area contributed by atoms with Crippen LogP contribution in [0.4, 0.5) is 0 Å². The number of hydrogen-bond acceptors (Lipinski definition) is 4. The maximum atomic E-state index is 11.3. The maximum absolute atomic E-state index is 11.3. The Labute approximate surface area is 151 Å². The van der Waals surface area contributed by atoms with Gasteiger partial charge in [-0.05, 0) is 49.6 Å². The molecule has 0 saturated carbocycles. The van der Waals surface area contributed by atoms with Crippen LogP contribution in [-0.2, 0) is 17.5 Å². The van der Waals surface area contributed by atoms with E-state index in [9.17, 15) is 8.76 Å². The molecule has 2 aromatic carbocycles. The number of rotatable bonds is 9. The largest absolute Gasteiger partial charge is 0.493 e. The summed E-state index contributed by atoms with van der Waals surface area (Å²) in [5, 5.41) is 3.40. The lowest BCUT2D eigenvalue weighted by Crippen LogP contribution is -2.31. The van der Waals surface area contributed by atoms with Gasteiger partial charge in [0.05, 0.1) is 12.0 Å². The summed E-state index contributed by atoms with van der Waals surface area (Å²) < 4.78 is 31.6. The van der Waals surface area contributed by atoms with Gasteiger partial charge in [-0.25, -0.2) is 4.21 Å². The highest BCUT2D eigenvalue weighted by molar-refractivity contribution is 7.79. The Morgan fingerprint density at radius 2 is 1.92 bits per heavy atom. The minimum atomic E-state index is -1.95. The monoisotopic (exact) mass is 363 g/mol. The van der Waals surface area contributed by atoms with Crippen molar-refractivity contribution in [3.05, 3.63) is 53.6 Å². The van der Waals surface area contributed by atoms with E-state index in [0.29, 0.717) is 18.0 Å². The van der Waals surface area contributed by atoms with Gasteiger partial charge in [-0.15, -0.1) is 0 Å². The smallest absolute Gasteiger partial charge is 0.186 e. The van der Waals surface area contributed by atoms with Crippen LogP contribution in [-0.4, -0.2) is 35.1 Å². The van der Waals surface area contributed by atoms with Gasteiger partial charge in [0.15, 0.2) is 22.6 Å². The Bertz CT molecular complexity index is 720. The fraction of sp³-hybridized carbons (Fsp3) is 0.368. The highest BCUT2D eigenvalue weighted by Gasteiger charge is 2.09. The van der Waals surface area contributed by atoms with E-state index in [-0.39, 0.29) is 6.04 Å². The van der Waals surface area contributed by atoms with Crippen molar-refractivity contribution in [1.29, 1.82) is 0 Å². The number of aryl methyl sites for hydroxylation is 1. The number of ether oxygens (including phenoxy) is 2. The van der Waals surface area contributed by atoms with Crippen molar-refractivity contribution < 1.29 is 18.2 Å². The molecule has 0 bridgehead atoms. The van der Waals surface area contributed by atoms with Crippen molar-refractivity contribution >= 4 is 11.1 Å². The number of nitrogens with one attached hydrogen (secondary N) is 1. The summed E-state index contributed by atoms with van der Waals surface area (Å²) in [7, 11) is 1.62. The standard InChI is InChI=1S/C19H25NO4S/c1-14-8-9-16(13-19(14)25(21)22)12-15(2)20-10-11-24-18-7-5-4-6-17(18)23-3/h4-9,13,15,20H,10-12H2,1-3H3,(H,21,22). The van der Waals surface area contributed by atoms with Gasteiger partial charge in [0.25, 0.3) is 0 Å². The summed E-state index contributed by atoms with van der Waals surface area (Å²) in [4.78, 5) is 0.476. The molecule has 25 heavy (non-hydrogen) atoms. The molecule has 0 aliphatic heterocycles. The molecule has 0 radical (unpaired) electrons. The zero-order valence-corrected chi connectivity index (χ0v) is 15.6. The van der Waals surface area contributed by atoms with Crippen LogP contribution < -0.4 is 14.8 Å². The molecule has 0 amide bonds. The summed E-state index contributed by atoms with van der Waals surface area (Å²) in [5.41, 5.74) is 1.86. The first-order valence-electron chi connectivity index (χ1n) is 8.21. The molecule has 0 saturated heterocycles. The second-order valence-corrected chi connectivity index (χ2v) is 6.85. The van der Waals surface area contributed by atoms with Crippen LogP contribution in [0.15, 0.2) is 47.4 Å². The van der Waals surface area contributed by atoms with Gasteiger partial charge in [0.1, 0.15) is 6.61 Å². The normalized spacial score (nSPS) is 13.3. The molecule has 0 aromatic heterocycles. The Kier molecular flexibility index (Phi) is 7.43. The molecule has 2 rings (SSSR count). The quantitative estimate of drug-likeness (QED) is 0.529. The van der Waals surface area contributed by atoms with E-state index in [1.807, 2.05) is 43.3 Å². The second-order valence-electron chi connectivity index (χ2n) is 5.91. The Morgan fingerprint density at radius 3 is 2.60 bits per heavy atom. The van der Waals surface area contributed by atoms with Gasteiger partial charge >= 0.3 is 0 Å². The summed E-state index contributed by atoms with van der Waals surface area (Å²) in [5.74, 6) is 1.45.